The maximum Gasteiger partial charge on any atom is 0.306 e. The average Bonchev–Trinajstić information content (AvgIpc) is 3.42. The van der Waals surface area contributed by atoms with Gasteiger partial charge in [-0.3, -0.25) is 14.2 Å². The molecule has 0 aromatic carbocycles. The van der Waals surface area contributed by atoms with Crippen LogP contribution >= 0.6 is 7.82 Å². The van der Waals surface area contributed by atoms with Gasteiger partial charge in [0.1, 0.15) is 19.3 Å². The predicted octanol–water partition coefficient (Wildman–Crippen LogP) is 20.1. The van der Waals surface area contributed by atoms with E-state index in [9.17, 15) is 19.0 Å². The second-order valence-electron chi connectivity index (χ2n) is 23.4. The van der Waals surface area contributed by atoms with E-state index < -0.39 is 26.6 Å². The molecule has 9 nitrogen and oxygen atoms in total. The lowest BCUT2D eigenvalue weighted by molar-refractivity contribution is -0.870. The number of likely N-dealkylation sites (N-methyl/N-ethyl adjacent to an activating group) is 1. The number of nitrogens with one attached hydrogen (secondary N) is 1. The average molecular weight is 1140 g/mol. The van der Waals surface area contributed by atoms with Gasteiger partial charge >= 0.3 is 5.97 Å². The largest absolute Gasteiger partial charge is 0.756 e. The second kappa shape index (κ2) is 59.1. The van der Waals surface area contributed by atoms with Crippen LogP contribution in [0.3, 0.4) is 0 Å². The Morgan fingerprint density at radius 2 is 0.812 bits per heavy atom. The first-order valence-electron chi connectivity index (χ1n) is 33.1. The molecule has 1 amide bonds. The molecule has 0 aliphatic rings. The van der Waals surface area contributed by atoms with E-state index in [0.717, 1.165) is 64.2 Å². The van der Waals surface area contributed by atoms with Crippen molar-refractivity contribution in [3.8, 4) is 0 Å². The van der Waals surface area contributed by atoms with Gasteiger partial charge in [0.2, 0.25) is 5.91 Å². The zero-order chi connectivity index (χ0) is 58.6. The molecule has 0 aromatic rings. The molecule has 0 fully saturated rings. The normalized spacial score (nSPS) is 14.2. The summed E-state index contributed by atoms with van der Waals surface area (Å²) in [4.78, 5) is 40.0. The maximum absolute atomic E-state index is 13.5. The molecule has 0 radical (unpaired) electrons. The molecule has 3 unspecified atom stereocenters. The minimum absolute atomic E-state index is 0.0352. The molecule has 0 rings (SSSR count). The van der Waals surface area contributed by atoms with Gasteiger partial charge in [-0.15, -0.1) is 0 Å². The third-order valence-electron chi connectivity index (χ3n) is 14.4. The summed E-state index contributed by atoms with van der Waals surface area (Å²) >= 11 is 0. The molecule has 3 atom stereocenters. The number of allylic oxidation sites excluding steroid dienone is 15. The SMILES string of the molecule is CC\C=C/C=C/C=C/C=C\C=C\C=C\CCCCCC(=O)NC(COP(=O)([O-])OCC[N+](C)(C)C)C(/C=C\CCCCCCCCCCCC)OC(=O)CCCCCCCCCCCCCCCCC/C=C/CCCCCCCC. The molecule has 0 spiro atoms. The number of esters is 1. The number of amides is 1. The van der Waals surface area contributed by atoms with Gasteiger partial charge in [-0.05, 0) is 76.7 Å². The van der Waals surface area contributed by atoms with Crippen LogP contribution in [0.2, 0.25) is 0 Å². The van der Waals surface area contributed by atoms with Crippen LogP contribution in [-0.4, -0.2) is 69.4 Å². The lowest BCUT2D eigenvalue weighted by Crippen LogP contribution is -2.47. The molecule has 1 N–H and O–H groups in total. The fraction of sp³-hybridized carbons (Fsp3) is 0.743. The minimum Gasteiger partial charge on any atom is -0.756 e. The van der Waals surface area contributed by atoms with Gasteiger partial charge in [-0.1, -0.05) is 292 Å². The van der Waals surface area contributed by atoms with Crippen LogP contribution in [0, 0.1) is 0 Å². The van der Waals surface area contributed by atoms with Crippen molar-refractivity contribution in [3.05, 3.63) is 97.2 Å². The highest BCUT2D eigenvalue weighted by molar-refractivity contribution is 7.45. The van der Waals surface area contributed by atoms with Gasteiger partial charge in [0, 0.05) is 12.8 Å². The van der Waals surface area contributed by atoms with Crippen LogP contribution in [-0.2, 0) is 27.9 Å². The van der Waals surface area contributed by atoms with Crippen molar-refractivity contribution < 1.29 is 37.3 Å². The molecule has 10 heteroatoms. The van der Waals surface area contributed by atoms with Crippen molar-refractivity contribution in [1.29, 1.82) is 0 Å². The number of phosphoric acid groups is 1. The van der Waals surface area contributed by atoms with Gasteiger partial charge < -0.3 is 28.5 Å². The smallest absolute Gasteiger partial charge is 0.306 e. The number of nitrogens with zero attached hydrogens (tertiary/aromatic N) is 1. The lowest BCUT2D eigenvalue weighted by Gasteiger charge is -2.30. The number of phosphoric ester groups is 1. The van der Waals surface area contributed by atoms with Crippen LogP contribution in [0.5, 0.6) is 0 Å². The van der Waals surface area contributed by atoms with Gasteiger partial charge in [0.15, 0.2) is 0 Å². The third-order valence-corrected chi connectivity index (χ3v) is 15.4. The number of rotatable bonds is 59. The van der Waals surface area contributed by atoms with E-state index in [0.29, 0.717) is 17.4 Å². The summed E-state index contributed by atoms with van der Waals surface area (Å²) in [7, 11) is 1.15. The molecule has 0 bridgehead atoms. The van der Waals surface area contributed by atoms with E-state index in [1.165, 1.54) is 180 Å². The van der Waals surface area contributed by atoms with Crippen molar-refractivity contribution >= 4 is 19.7 Å². The standard InChI is InChI=1S/C70H125N2O7P/c1-7-10-13-16-19-22-25-28-30-32-33-34-35-36-37-38-39-41-43-45-48-51-54-57-60-63-70(74)79-68(61-58-55-52-49-46-27-24-21-18-15-12-9-3)67(66-78-80(75,76)77-65-64-72(4,5)6)71-69(73)62-59-56-53-50-47-44-42-40-31-29-26-23-20-17-14-11-8-2/h11,14,17,20,23,26,28-31,40,42,44,47,58,61,67-68H,7-10,12-13,15-16,18-19,21-22,24-25,27,32-39,41,43,45-46,48-57,59-60,62-66H2,1-6H3,(H-,71,73,75,76)/b14-11-,20-17+,26-23+,30-28+,31-29-,42-40+,47-44+,61-58-. The van der Waals surface area contributed by atoms with Gasteiger partial charge in [-0.25, -0.2) is 0 Å². The van der Waals surface area contributed by atoms with Crippen LogP contribution in [0.1, 0.15) is 284 Å². The molecule has 0 heterocycles. The van der Waals surface area contributed by atoms with E-state index in [2.05, 4.69) is 50.4 Å². The van der Waals surface area contributed by atoms with Crippen molar-refractivity contribution in [2.45, 2.75) is 296 Å². The maximum atomic E-state index is 13.5. The number of carbonyl (C=O) groups is 2. The van der Waals surface area contributed by atoms with Crippen molar-refractivity contribution in [2.75, 3.05) is 40.9 Å². The Morgan fingerprint density at radius 1 is 0.450 bits per heavy atom. The molecule has 0 aromatic heterocycles. The predicted molar refractivity (Wildman–Crippen MR) is 344 cm³/mol. The highest BCUT2D eigenvalue weighted by Crippen LogP contribution is 2.38. The number of quaternary nitrogens is 1. The first-order valence-corrected chi connectivity index (χ1v) is 34.6. The van der Waals surface area contributed by atoms with Crippen molar-refractivity contribution in [3.63, 3.8) is 0 Å². The van der Waals surface area contributed by atoms with Crippen LogP contribution < -0.4 is 10.2 Å². The number of unbranched alkanes of at least 4 members (excludes halogenated alkanes) is 34. The summed E-state index contributed by atoms with van der Waals surface area (Å²) in [5.74, 6) is -0.590. The second-order valence-corrected chi connectivity index (χ2v) is 24.8. The van der Waals surface area contributed by atoms with Crippen molar-refractivity contribution in [2.24, 2.45) is 0 Å². The van der Waals surface area contributed by atoms with Crippen LogP contribution in [0.4, 0.5) is 0 Å². The number of carbonyl (C=O) groups excluding carboxylic acids is 2. The Kier molecular flexibility index (Phi) is 56.8. The first-order chi connectivity index (χ1) is 38.9. The molecule has 0 saturated heterocycles. The zero-order valence-corrected chi connectivity index (χ0v) is 53.7. The summed E-state index contributed by atoms with van der Waals surface area (Å²) in [5.41, 5.74) is 0. The van der Waals surface area contributed by atoms with E-state index in [-0.39, 0.29) is 31.3 Å². The highest BCUT2D eigenvalue weighted by atomic mass is 31.2. The summed E-state index contributed by atoms with van der Waals surface area (Å²) in [6.07, 6.45) is 79.6. The van der Waals surface area contributed by atoms with Gasteiger partial charge in [-0.2, -0.15) is 0 Å². The first kappa shape index (κ1) is 76.9. The Balaban J connectivity index is 5.16. The van der Waals surface area contributed by atoms with Crippen LogP contribution in [0.15, 0.2) is 97.2 Å². The molecule has 0 aliphatic carbocycles. The Labute approximate surface area is 494 Å². The zero-order valence-electron chi connectivity index (χ0n) is 52.8. The fourth-order valence-corrected chi connectivity index (χ4v) is 10.0. The number of hydrogen-bond donors (Lipinski definition) is 1. The molecule has 0 saturated carbocycles. The van der Waals surface area contributed by atoms with E-state index in [1.807, 2.05) is 94.1 Å². The monoisotopic (exact) mass is 1140 g/mol. The molecule has 462 valence electrons. The molecular weight excluding hydrogens is 1010 g/mol. The summed E-state index contributed by atoms with van der Waals surface area (Å²) in [6.45, 7) is 6.67. The lowest BCUT2D eigenvalue weighted by atomic mass is 10.0. The molecule has 80 heavy (non-hydrogen) atoms. The highest BCUT2D eigenvalue weighted by Gasteiger charge is 2.27. The topological polar surface area (TPSA) is 114 Å². The fourth-order valence-electron chi connectivity index (χ4n) is 9.31. The summed E-state index contributed by atoms with van der Waals surface area (Å²) < 4.78 is 30.3. The minimum atomic E-state index is -4.72. The molecule has 0 aliphatic heterocycles. The van der Waals surface area contributed by atoms with Crippen molar-refractivity contribution in [1.82, 2.24) is 5.32 Å². The Morgan fingerprint density at radius 3 is 1.25 bits per heavy atom. The van der Waals surface area contributed by atoms with E-state index in [1.54, 1.807) is 0 Å². The molecular formula is C70H125N2O7P. The van der Waals surface area contributed by atoms with Gasteiger partial charge in [0.25, 0.3) is 7.82 Å². The van der Waals surface area contributed by atoms with E-state index in [4.69, 9.17) is 13.8 Å². The van der Waals surface area contributed by atoms with Gasteiger partial charge in [0.05, 0.1) is 33.8 Å². The summed E-state index contributed by atoms with van der Waals surface area (Å²) in [5, 5.41) is 3.01. The quantitative estimate of drug-likeness (QED) is 0.0161. The third kappa shape index (κ3) is 59.5. The summed E-state index contributed by atoms with van der Waals surface area (Å²) in [6, 6.07) is -0.916. The Bertz CT molecular complexity index is 1690. The van der Waals surface area contributed by atoms with Crippen LogP contribution in [0.25, 0.3) is 0 Å². The van der Waals surface area contributed by atoms with E-state index >= 15 is 0 Å². The number of hydrogen-bond acceptors (Lipinski definition) is 7. The number of ether oxygens (including phenoxy) is 1. The Hall–Kier alpha value is -3.07.